The third kappa shape index (κ3) is 3.86. The van der Waals surface area contributed by atoms with Crippen LogP contribution in [0.3, 0.4) is 0 Å². The van der Waals surface area contributed by atoms with Gasteiger partial charge in [0.05, 0.1) is 11.6 Å². The van der Waals surface area contributed by atoms with Crippen molar-refractivity contribution in [3.8, 4) is 0 Å². The van der Waals surface area contributed by atoms with Crippen molar-refractivity contribution in [1.29, 1.82) is 0 Å². The zero-order chi connectivity index (χ0) is 16.9. The third-order valence-corrected chi connectivity index (χ3v) is 4.69. The van der Waals surface area contributed by atoms with Crippen LogP contribution in [-0.4, -0.2) is 35.4 Å². The van der Waals surface area contributed by atoms with Gasteiger partial charge in [-0.2, -0.15) is 0 Å². The van der Waals surface area contributed by atoms with Gasteiger partial charge in [0.25, 0.3) is 5.91 Å². The van der Waals surface area contributed by atoms with Gasteiger partial charge in [0.2, 0.25) is 5.56 Å². The molecular weight excluding hydrogens is 326 g/mol. The van der Waals surface area contributed by atoms with Gasteiger partial charge in [-0.05, 0) is 43.6 Å². The van der Waals surface area contributed by atoms with Crippen molar-refractivity contribution in [1.82, 2.24) is 15.2 Å². The van der Waals surface area contributed by atoms with Gasteiger partial charge < -0.3 is 10.3 Å². The summed E-state index contributed by atoms with van der Waals surface area (Å²) >= 11 is 6.37. The van der Waals surface area contributed by atoms with Crippen LogP contribution >= 0.6 is 11.6 Å². The van der Waals surface area contributed by atoms with E-state index in [1.165, 1.54) is 18.3 Å². The summed E-state index contributed by atoms with van der Waals surface area (Å²) in [6.45, 7) is 2.48. The molecule has 3 rings (SSSR count). The van der Waals surface area contributed by atoms with Crippen LogP contribution in [0.5, 0.6) is 0 Å². The number of hydrogen-bond acceptors (Lipinski definition) is 3. The fourth-order valence-electron chi connectivity index (χ4n) is 3.08. The van der Waals surface area contributed by atoms with Crippen molar-refractivity contribution in [2.75, 3.05) is 19.6 Å². The molecular formula is C18H20ClN3O2. The molecule has 126 valence electrons. The topological polar surface area (TPSA) is 65.2 Å². The number of rotatable bonds is 5. The van der Waals surface area contributed by atoms with Crippen molar-refractivity contribution in [3.05, 3.63) is 69.1 Å². The highest BCUT2D eigenvalue weighted by atomic mass is 35.5. The second-order valence-electron chi connectivity index (χ2n) is 5.93. The van der Waals surface area contributed by atoms with E-state index >= 15 is 0 Å². The van der Waals surface area contributed by atoms with E-state index in [1.54, 1.807) is 0 Å². The smallest absolute Gasteiger partial charge is 0.252 e. The maximum atomic E-state index is 12.3. The molecule has 0 spiro atoms. The molecule has 0 saturated carbocycles. The molecule has 5 nitrogen and oxygen atoms in total. The SMILES string of the molecule is O=C(NC[C@H](c1ccccc1Cl)N1CCCC1)c1ccc(=O)[nH]c1. The first kappa shape index (κ1) is 16.7. The molecule has 0 bridgehead atoms. The predicted molar refractivity (Wildman–Crippen MR) is 94.4 cm³/mol. The molecule has 1 fully saturated rings. The van der Waals surface area contributed by atoms with Crippen LogP contribution in [0.25, 0.3) is 0 Å². The Hall–Kier alpha value is -2.11. The first-order chi connectivity index (χ1) is 11.6. The summed E-state index contributed by atoms with van der Waals surface area (Å²) in [6.07, 6.45) is 3.75. The van der Waals surface area contributed by atoms with Gasteiger partial charge >= 0.3 is 0 Å². The Labute approximate surface area is 145 Å². The Morgan fingerprint density at radius 2 is 1.96 bits per heavy atom. The van der Waals surface area contributed by atoms with Gasteiger partial charge in [0.15, 0.2) is 0 Å². The molecule has 2 aromatic rings. The second-order valence-corrected chi connectivity index (χ2v) is 6.34. The number of carbonyl (C=O) groups excluding carboxylic acids is 1. The number of nitrogens with zero attached hydrogens (tertiary/aromatic N) is 1. The summed E-state index contributed by atoms with van der Waals surface area (Å²) in [7, 11) is 0. The molecule has 0 aliphatic carbocycles. The molecule has 2 heterocycles. The molecule has 24 heavy (non-hydrogen) atoms. The number of amides is 1. The molecule has 0 unspecified atom stereocenters. The van der Waals surface area contributed by atoms with E-state index in [1.807, 2.05) is 24.3 Å². The van der Waals surface area contributed by atoms with Gasteiger partial charge in [-0.25, -0.2) is 0 Å². The van der Waals surface area contributed by atoms with Crippen LogP contribution in [-0.2, 0) is 0 Å². The molecule has 1 aliphatic heterocycles. The molecule has 1 aliphatic rings. The maximum Gasteiger partial charge on any atom is 0.252 e. The zero-order valence-corrected chi connectivity index (χ0v) is 14.1. The minimum atomic E-state index is -0.224. The van der Waals surface area contributed by atoms with Crippen molar-refractivity contribution in [2.45, 2.75) is 18.9 Å². The predicted octanol–water partition coefficient (Wildman–Crippen LogP) is 2.60. The first-order valence-electron chi connectivity index (χ1n) is 8.10. The average Bonchev–Trinajstić information content (AvgIpc) is 3.11. The number of pyridine rings is 1. The van der Waals surface area contributed by atoms with E-state index in [9.17, 15) is 9.59 Å². The fraction of sp³-hybridized carbons (Fsp3) is 0.333. The number of halogens is 1. The number of nitrogens with one attached hydrogen (secondary N) is 2. The van der Waals surface area contributed by atoms with Gasteiger partial charge in [0, 0.05) is 23.8 Å². The van der Waals surface area contributed by atoms with Crippen LogP contribution < -0.4 is 10.9 Å². The lowest BCUT2D eigenvalue weighted by atomic mass is 10.1. The summed E-state index contributed by atoms with van der Waals surface area (Å²) in [5, 5.41) is 3.68. The van der Waals surface area contributed by atoms with Crippen LogP contribution in [0.4, 0.5) is 0 Å². The lowest BCUT2D eigenvalue weighted by molar-refractivity contribution is 0.0937. The Balaban J connectivity index is 1.74. The van der Waals surface area contributed by atoms with E-state index in [4.69, 9.17) is 11.6 Å². The standard InChI is InChI=1S/C18H20ClN3O2/c19-15-6-2-1-5-14(15)16(22-9-3-4-10-22)12-21-18(24)13-7-8-17(23)20-11-13/h1-2,5-8,11,16H,3-4,9-10,12H2,(H,20,23)(H,21,24)/t16-/m1/s1. The normalized spacial score (nSPS) is 16.0. The molecule has 1 amide bonds. The lowest BCUT2D eigenvalue weighted by Crippen LogP contribution is -2.37. The Kier molecular flexibility index (Phi) is 5.33. The lowest BCUT2D eigenvalue weighted by Gasteiger charge is -2.29. The third-order valence-electron chi connectivity index (χ3n) is 4.35. The number of carbonyl (C=O) groups is 1. The summed E-state index contributed by atoms with van der Waals surface area (Å²) in [6, 6.07) is 10.7. The monoisotopic (exact) mass is 345 g/mol. The average molecular weight is 346 g/mol. The second kappa shape index (κ2) is 7.64. The number of aromatic amines is 1. The summed E-state index contributed by atoms with van der Waals surface area (Å²) in [4.78, 5) is 28.3. The molecule has 1 saturated heterocycles. The molecule has 1 aromatic carbocycles. The maximum absolute atomic E-state index is 12.3. The van der Waals surface area contributed by atoms with Crippen LogP contribution in [0.15, 0.2) is 47.4 Å². The highest BCUT2D eigenvalue weighted by molar-refractivity contribution is 6.31. The van der Waals surface area contributed by atoms with Crippen molar-refractivity contribution in [3.63, 3.8) is 0 Å². The summed E-state index contributed by atoms with van der Waals surface area (Å²) in [5.74, 6) is -0.206. The van der Waals surface area contributed by atoms with Gasteiger partial charge in [-0.1, -0.05) is 29.8 Å². The summed E-state index contributed by atoms with van der Waals surface area (Å²) in [5.41, 5.74) is 1.24. The van der Waals surface area contributed by atoms with Gasteiger partial charge in [-0.3, -0.25) is 14.5 Å². The van der Waals surface area contributed by atoms with E-state index in [-0.39, 0.29) is 17.5 Å². The molecule has 1 atom stereocenters. The molecule has 1 aromatic heterocycles. The van der Waals surface area contributed by atoms with Crippen molar-refractivity contribution in [2.24, 2.45) is 0 Å². The van der Waals surface area contributed by atoms with E-state index in [0.29, 0.717) is 17.1 Å². The highest BCUT2D eigenvalue weighted by Gasteiger charge is 2.25. The van der Waals surface area contributed by atoms with Crippen molar-refractivity contribution < 1.29 is 4.79 Å². The first-order valence-corrected chi connectivity index (χ1v) is 8.48. The number of hydrogen-bond donors (Lipinski definition) is 2. The number of likely N-dealkylation sites (tertiary alicyclic amines) is 1. The van der Waals surface area contributed by atoms with E-state index < -0.39 is 0 Å². The largest absolute Gasteiger partial charge is 0.350 e. The minimum absolute atomic E-state index is 0.0490. The quantitative estimate of drug-likeness (QED) is 0.875. The molecule has 2 N–H and O–H groups in total. The van der Waals surface area contributed by atoms with Crippen LogP contribution in [0.1, 0.15) is 34.8 Å². The van der Waals surface area contributed by atoms with Gasteiger partial charge in [0.1, 0.15) is 0 Å². The number of aromatic nitrogens is 1. The minimum Gasteiger partial charge on any atom is -0.350 e. The zero-order valence-electron chi connectivity index (χ0n) is 13.3. The Bertz CT molecular complexity index is 748. The van der Waals surface area contributed by atoms with E-state index in [2.05, 4.69) is 15.2 Å². The van der Waals surface area contributed by atoms with Crippen LogP contribution in [0.2, 0.25) is 5.02 Å². The highest BCUT2D eigenvalue weighted by Crippen LogP contribution is 2.29. The fourth-order valence-corrected chi connectivity index (χ4v) is 3.34. The number of H-pyrrole nitrogens is 1. The summed E-state index contributed by atoms with van der Waals surface area (Å²) < 4.78 is 0. The van der Waals surface area contributed by atoms with E-state index in [0.717, 1.165) is 31.5 Å². The van der Waals surface area contributed by atoms with Crippen LogP contribution in [0, 0.1) is 0 Å². The molecule has 6 heteroatoms. The Morgan fingerprint density at radius 1 is 1.21 bits per heavy atom. The molecule has 0 radical (unpaired) electrons. The van der Waals surface area contributed by atoms with Gasteiger partial charge in [-0.15, -0.1) is 0 Å². The Morgan fingerprint density at radius 3 is 2.62 bits per heavy atom. The number of benzene rings is 1. The van der Waals surface area contributed by atoms with Crippen molar-refractivity contribution >= 4 is 17.5 Å².